The summed E-state index contributed by atoms with van der Waals surface area (Å²) >= 11 is 0. The maximum atomic E-state index is 13.2. The van der Waals surface area contributed by atoms with Crippen LogP contribution in [0.1, 0.15) is 47.0 Å². The molecule has 0 unspecified atom stereocenters. The number of allylic oxidation sites excluding steroid dienone is 2. The second-order valence-electron chi connectivity index (χ2n) is 7.77. The molecule has 136 valence electrons. The fourth-order valence-electron chi connectivity index (χ4n) is 3.78. The van der Waals surface area contributed by atoms with Crippen molar-refractivity contribution in [2.45, 2.75) is 53.0 Å². The number of ether oxygens (including phenoxy) is 2. The van der Waals surface area contributed by atoms with Gasteiger partial charge in [-0.25, -0.2) is 0 Å². The lowest BCUT2D eigenvalue weighted by molar-refractivity contribution is -0.143. The van der Waals surface area contributed by atoms with Crippen molar-refractivity contribution in [2.75, 3.05) is 26.9 Å². The average Bonchev–Trinajstić information content (AvgIpc) is 3.07. The number of nitrogens with zero attached hydrogens (tertiary/aromatic N) is 1. The molecule has 24 heavy (non-hydrogen) atoms. The molecule has 1 saturated carbocycles. The van der Waals surface area contributed by atoms with Crippen molar-refractivity contribution in [2.24, 2.45) is 17.3 Å². The van der Waals surface area contributed by atoms with E-state index in [-0.39, 0.29) is 41.6 Å². The predicted molar refractivity (Wildman–Crippen MR) is 92.4 cm³/mol. The van der Waals surface area contributed by atoms with Crippen LogP contribution in [0.5, 0.6) is 0 Å². The molecule has 2 rings (SSSR count). The molecule has 5 nitrogen and oxygen atoms in total. The molecule has 0 bridgehead atoms. The fourth-order valence-corrected chi connectivity index (χ4v) is 3.78. The topological polar surface area (TPSA) is 55.8 Å². The van der Waals surface area contributed by atoms with Crippen LogP contribution in [0.4, 0.5) is 0 Å². The van der Waals surface area contributed by atoms with Gasteiger partial charge in [0.25, 0.3) is 0 Å². The summed E-state index contributed by atoms with van der Waals surface area (Å²) in [6, 6.07) is 0.166. The zero-order valence-electron chi connectivity index (χ0n) is 15.6. The molecule has 5 heteroatoms. The van der Waals surface area contributed by atoms with Crippen LogP contribution in [0.25, 0.3) is 0 Å². The smallest absolute Gasteiger partial charge is 0.307 e. The van der Waals surface area contributed by atoms with Crippen molar-refractivity contribution in [3.05, 3.63) is 11.6 Å². The number of hydrogen-bond acceptors (Lipinski definition) is 4. The molecule has 1 aliphatic carbocycles. The minimum absolute atomic E-state index is 0.00731. The third-order valence-electron chi connectivity index (χ3n) is 5.39. The first kappa shape index (κ1) is 19.0. The molecule has 2 aliphatic rings. The van der Waals surface area contributed by atoms with Gasteiger partial charge >= 0.3 is 5.97 Å². The highest BCUT2D eigenvalue weighted by atomic mass is 16.5. The van der Waals surface area contributed by atoms with E-state index in [1.165, 1.54) is 12.7 Å². The first-order valence-corrected chi connectivity index (χ1v) is 8.89. The third kappa shape index (κ3) is 4.18. The predicted octanol–water partition coefficient (Wildman–Crippen LogP) is 2.80. The van der Waals surface area contributed by atoms with E-state index < -0.39 is 0 Å². The van der Waals surface area contributed by atoms with Gasteiger partial charge in [0.1, 0.15) is 0 Å². The Morgan fingerprint density at radius 2 is 1.88 bits per heavy atom. The average molecular weight is 337 g/mol. The molecule has 2 atom stereocenters. The first-order valence-electron chi connectivity index (χ1n) is 8.89. The summed E-state index contributed by atoms with van der Waals surface area (Å²) in [7, 11) is 1.39. The zero-order valence-corrected chi connectivity index (χ0v) is 15.6. The van der Waals surface area contributed by atoms with E-state index >= 15 is 0 Å². The zero-order chi connectivity index (χ0) is 17.9. The third-order valence-corrected chi connectivity index (χ3v) is 5.39. The molecule has 1 saturated heterocycles. The Kier molecular flexibility index (Phi) is 6.07. The second kappa shape index (κ2) is 7.68. The molecule has 0 radical (unpaired) electrons. The van der Waals surface area contributed by atoms with Crippen molar-refractivity contribution in [1.29, 1.82) is 0 Å². The van der Waals surface area contributed by atoms with Gasteiger partial charge in [-0.3, -0.25) is 9.59 Å². The number of carbonyl (C=O) groups is 2. The molecule has 1 heterocycles. The maximum Gasteiger partial charge on any atom is 0.307 e. The Balaban J connectivity index is 2.12. The summed E-state index contributed by atoms with van der Waals surface area (Å²) < 4.78 is 10.2. The lowest BCUT2D eigenvalue weighted by Gasteiger charge is -2.34. The molecule has 0 spiro atoms. The number of carbonyl (C=O) groups excluding carboxylic acids is 2. The van der Waals surface area contributed by atoms with Gasteiger partial charge in [-0.1, -0.05) is 25.5 Å². The van der Waals surface area contributed by atoms with Crippen LogP contribution >= 0.6 is 0 Å². The molecule has 1 aliphatic heterocycles. The molecule has 0 aromatic carbocycles. The number of amides is 1. The summed E-state index contributed by atoms with van der Waals surface area (Å²) in [5.41, 5.74) is 1.24. The lowest BCUT2D eigenvalue weighted by atomic mass is 10.0. The Bertz CT molecular complexity index is 501. The van der Waals surface area contributed by atoms with E-state index in [0.717, 1.165) is 12.8 Å². The maximum absolute atomic E-state index is 13.2. The summed E-state index contributed by atoms with van der Waals surface area (Å²) in [6.07, 6.45) is 4.14. The van der Waals surface area contributed by atoms with Crippen LogP contribution in [0.15, 0.2) is 11.6 Å². The molecule has 0 N–H and O–H groups in total. The van der Waals surface area contributed by atoms with Gasteiger partial charge < -0.3 is 14.4 Å². The van der Waals surface area contributed by atoms with Crippen molar-refractivity contribution in [3.63, 3.8) is 0 Å². The Morgan fingerprint density at radius 3 is 2.42 bits per heavy atom. The van der Waals surface area contributed by atoms with Crippen LogP contribution in [0, 0.1) is 17.3 Å². The summed E-state index contributed by atoms with van der Waals surface area (Å²) in [5.74, 6) is 0.206. The highest BCUT2D eigenvalue weighted by molar-refractivity contribution is 5.84. The van der Waals surface area contributed by atoms with Crippen molar-refractivity contribution in [1.82, 2.24) is 4.90 Å². The van der Waals surface area contributed by atoms with E-state index in [9.17, 15) is 9.59 Å². The molecular formula is C19H31NO4. The lowest BCUT2D eigenvalue weighted by Crippen LogP contribution is -2.45. The quantitative estimate of drug-likeness (QED) is 0.552. The molecule has 1 amide bonds. The van der Waals surface area contributed by atoms with Crippen LogP contribution in [-0.4, -0.2) is 49.7 Å². The minimum atomic E-state index is -0.268. The minimum Gasteiger partial charge on any atom is -0.469 e. The van der Waals surface area contributed by atoms with E-state index in [0.29, 0.717) is 19.8 Å². The van der Waals surface area contributed by atoms with Gasteiger partial charge in [0, 0.05) is 25.8 Å². The Labute approximate surface area is 145 Å². The van der Waals surface area contributed by atoms with Crippen LogP contribution < -0.4 is 0 Å². The second-order valence-corrected chi connectivity index (χ2v) is 7.77. The normalized spacial score (nSPS) is 25.7. The molecule has 0 aromatic heterocycles. The van der Waals surface area contributed by atoms with Crippen LogP contribution in [0.3, 0.4) is 0 Å². The highest BCUT2D eigenvalue weighted by Crippen LogP contribution is 2.60. The number of rotatable bonds is 6. The van der Waals surface area contributed by atoms with Crippen molar-refractivity contribution < 1.29 is 19.1 Å². The molecular weight excluding hydrogens is 306 g/mol. The summed E-state index contributed by atoms with van der Waals surface area (Å²) in [4.78, 5) is 26.7. The van der Waals surface area contributed by atoms with E-state index in [1.54, 1.807) is 0 Å². The summed E-state index contributed by atoms with van der Waals surface area (Å²) in [6.45, 7) is 10.2. The van der Waals surface area contributed by atoms with Crippen LogP contribution in [-0.2, 0) is 19.1 Å². The van der Waals surface area contributed by atoms with E-state index in [1.807, 2.05) is 4.90 Å². The van der Waals surface area contributed by atoms with Gasteiger partial charge in [-0.15, -0.1) is 0 Å². The molecule has 2 fully saturated rings. The van der Waals surface area contributed by atoms with Gasteiger partial charge in [0.2, 0.25) is 5.91 Å². The largest absolute Gasteiger partial charge is 0.469 e. The standard InChI is InChI=1S/C19H31NO4/c1-13(2)12-15-17(19(15,3)4)18(22)20(9-6-16(21)23-5)14-7-10-24-11-8-14/h12,14-15,17H,6-11H2,1-5H3/t15-,17-/m0/s1. The number of hydrogen-bond donors (Lipinski definition) is 0. The number of esters is 1. The fraction of sp³-hybridized carbons (Fsp3) is 0.789. The van der Waals surface area contributed by atoms with Gasteiger partial charge in [0.05, 0.1) is 19.4 Å². The van der Waals surface area contributed by atoms with Gasteiger partial charge in [-0.05, 0) is 38.0 Å². The Hall–Kier alpha value is -1.36. The van der Waals surface area contributed by atoms with E-state index in [2.05, 4.69) is 33.8 Å². The Morgan fingerprint density at radius 1 is 1.25 bits per heavy atom. The first-order chi connectivity index (χ1) is 11.3. The van der Waals surface area contributed by atoms with Crippen molar-refractivity contribution in [3.8, 4) is 0 Å². The monoisotopic (exact) mass is 337 g/mol. The van der Waals surface area contributed by atoms with E-state index in [4.69, 9.17) is 9.47 Å². The van der Waals surface area contributed by atoms with Gasteiger partial charge in [-0.2, -0.15) is 0 Å². The summed E-state index contributed by atoms with van der Waals surface area (Å²) in [5, 5.41) is 0. The number of methoxy groups -OCH3 is 1. The van der Waals surface area contributed by atoms with Crippen LogP contribution in [0.2, 0.25) is 0 Å². The van der Waals surface area contributed by atoms with Crippen molar-refractivity contribution >= 4 is 11.9 Å². The molecule has 0 aromatic rings. The SMILES string of the molecule is COC(=O)CCN(C(=O)[C@@H]1[C@H](C=C(C)C)C1(C)C)C1CCOCC1. The van der Waals surface area contributed by atoms with Gasteiger partial charge in [0.15, 0.2) is 0 Å². The highest BCUT2D eigenvalue weighted by Gasteiger charge is 2.61.